The highest BCUT2D eigenvalue weighted by Crippen LogP contribution is 2.34. The number of fused-ring (bicyclic) bond motifs is 1. The van der Waals surface area contributed by atoms with Crippen LogP contribution in [0.4, 0.5) is 19.0 Å². The summed E-state index contributed by atoms with van der Waals surface area (Å²) in [6.45, 7) is 3.08. The zero-order valence-electron chi connectivity index (χ0n) is 18.5. The van der Waals surface area contributed by atoms with Crippen LogP contribution in [-0.4, -0.2) is 47.0 Å². The Balaban J connectivity index is 0.00000274. The van der Waals surface area contributed by atoms with Crippen molar-refractivity contribution in [2.24, 2.45) is 11.8 Å². The SMILES string of the molecule is Cl.O=C(c1cccs1)N(CC1CC1)CC1CCN(c2nccc3nc(C(F)(F)F)ccc23)CC1. The highest BCUT2D eigenvalue weighted by Gasteiger charge is 2.33. The molecule has 0 aromatic carbocycles. The molecule has 2 fully saturated rings. The average Bonchev–Trinajstić information content (AvgIpc) is 3.46. The van der Waals surface area contributed by atoms with E-state index >= 15 is 0 Å². The summed E-state index contributed by atoms with van der Waals surface area (Å²) >= 11 is 1.49. The maximum Gasteiger partial charge on any atom is 0.433 e. The number of pyridine rings is 2. The monoisotopic (exact) mass is 510 g/mol. The first-order valence-electron chi connectivity index (χ1n) is 11.3. The first kappa shape index (κ1) is 24.7. The summed E-state index contributed by atoms with van der Waals surface area (Å²) in [5, 5.41) is 2.57. The molecule has 1 saturated heterocycles. The number of anilines is 1. The molecule has 0 spiro atoms. The van der Waals surface area contributed by atoms with Gasteiger partial charge in [0.25, 0.3) is 5.91 Å². The van der Waals surface area contributed by atoms with Gasteiger partial charge in [-0.25, -0.2) is 9.97 Å². The number of amides is 1. The van der Waals surface area contributed by atoms with Crippen molar-refractivity contribution in [3.8, 4) is 0 Å². The number of hydrogen-bond acceptors (Lipinski definition) is 5. The van der Waals surface area contributed by atoms with E-state index in [9.17, 15) is 18.0 Å². The van der Waals surface area contributed by atoms with Gasteiger partial charge in [0.1, 0.15) is 11.5 Å². The van der Waals surface area contributed by atoms with Gasteiger partial charge in [-0.05, 0) is 67.2 Å². The van der Waals surface area contributed by atoms with Crippen molar-refractivity contribution < 1.29 is 18.0 Å². The molecule has 1 aliphatic carbocycles. The molecule has 0 N–H and O–H groups in total. The highest BCUT2D eigenvalue weighted by molar-refractivity contribution is 7.12. The summed E-state index contributed by atoms with van der Waals surface area (Å²) in [4.78, 5) is 26.2. The van der Waals surface area contributed by atoms with E-state index in [1.165, 1.54) is 42.5 Å². The number of carbonyl (C=O) groups excluding carboxylic acids is 1. The van der Waals surface area contributed by atoms with Crippen LogP contribution in [0.5, 0.6) is 0 Å². The van der Waals surface area contributed by atoms with Gasteiger partial charge in [0.2, 0.25) is 0 Å². The minimum atomic E-state index is -4.47. The smallest absolute Gasteiger partial charge is 0.356 e. The van der Waals surface area contributed by atoms with Crippen LogP contribution in [0.15, 0.2) is 41.9 Å². The number of hydrogen-bond donors (Lipinski definition) is 0. The molecule has 1 saturated carbocycles. The van der Waals surface area contributed by atoms with Crippen molar-refractivity contribution >= 4 is 46.4 Å². The fraction of sp³-hybridized carbons (Fsp3) is 0.458. The Bertz CT molecular complexity index is 1130. The predicted molar refractivity (Wildman–Crippen MR) is 130 cm³/mol. The van der Waals surface area contributed by atoms with Gasteiger partial charge in [-0.1, -0.05) is 6.07 Å². The number of aromatic nitrogens is 2. The number of nitrogens with zero attached hydrogens (tertiary/aromatic N) is 4. The lowest BCUT2D eigenvalue weighted by Gasteiger charge is -2.36. The summed E-state index contributed by atoms with van der Waals surface area (Å²) in [5.41, 5.74) is -0.592. The van der Waals surface area contributed by atoms with Crippen LogP contribution in [0.3, 0.4) is 0 Å². The van der Waals surface area contributed by atoms with E-state index in [0.29, 0.717) is 28.6 Å². The second kappa shape index (κ2) is 10.1. The van der Waals surface area contributed by atoms with Gasteiger partial charge in [0.05, 0.1) is 10.4 Å². The van der Waals surface area contributed by atoms with Crippen LogP contribution in [0, 0.1) is 11.8 Å². The zero-order chi connectivity index (χ0) is 23.0. The van der Waals surface area contributed by atoms with Crippen LogP contribution in [0.1, 0.15) is 41.0 Å². The molecule has 10 heteroatoms. The minimum Gasteiger partial charge on any atom is -0.356 e. The van der Waals surface area contributed by atoms with Gasteiger partial charge in [-0.15, -0.1) is 23.7 Å². The number of piperidine rings is 1. The van der Waals surface area contributed by atoms with Crippen molar-refractivity contribution in [2.75, 3.05) is 31.1 Å². The Morgan fingerprint density at radius 2 is 1.76 bits per heavy atom. The van der Waals surface area contributed by atoms with E-state index in [1.54, 1.807) is 0 Å². The molecule has 1 aliphatic heterocycles. The maximum atomic E-state index is 13.0. The molecule has 3 aromatic rings. The van der Waals surface area contributed by atoms with Gasteiger partial charge in [-0.2, -0.15) is 13.2 Å². The van der Waals surface area contributed by atoms with Crippen molar-refractivity contribution in [3.63, 3.8) is 0 Å². The first-order chi connectivity index (χ1) is 15.9. The maximum absolute atomic E-state index is 13.0. The Labute approximate surface area is 206 Å². The third-order valence-corrected chi connectivity index (χ3v) is 7.33. The molecule has 4 heterocycles. The lowest BCUT2D eigenvalue weighted by atomic mass is 9.95. The molecule has 2 aliphatic rings. The molecule has 5 rings (SSSR count). The lowest BCUT2D eigenvalue weighted by molar-refractivity contribution is -0.140. The fourth-order valence-corrected chi connectivity index (χ4v) is 5.19. The van der Waals surface area contributed by atoms with Crippen molar-refractivity contribution in [2.45, 2.75) is 31.9 Å². The molecule has 0 radical (unpaired) electrons. The third kappa shape index (κ3) is 5.46. The minimum absolute atomic E-state index is 0. The second-order valence-electron chi connectivity index (χ2n) is 8.96. The molecule has 0 bridgehead atoms. The molecule has 182 valence electrons. The van der Waals surface area contributed by atoms with E-state index in [-0.39, 0.29) is 18.3 Å². The van der Waals surface area contributed by atoms with Gasteiger partial charge in [-0.3, -0.25) is 4.79 Å². The number of alkyl halides is 3. The van der Waals surface area contributed by atoms with Crippen LogP contribution in [0.25, 0.3) is 10.9 Å². The van der Waals surface area contributed by atoms with E-state index in [0.717, 1.165) is 50.0 Å². The Morgan fingerprint density at radius 1 is 1.06 bits per heavy atom. The van der Waals surface area contributed by atoms with Gasteiger partial charge in [0, 0.05) is 37.8 Å². The number of halogens is 4. The summed E-state index contributed by atoms with van der Waals surface area (Å²) in [5.74, 6) is 1.83. The lowest BCUT2D eigenvalue weighted by Crippen LogP contribution is -2.41. The average molecular weight is 511 g/mol. The van der Waals surface area contributed by atoms with E-state index < -0.39 is 11.9 Å². The summed E-state index contributed by atoms with van der Waals surface area (Å²) < 4.78 is 39.1. The molecule has 1 amide bonds. The van der Waals surface area contributed by atoms with E-state index in [4.69, 9.17) is 0 Å². The molecule has 0 unspecified atom stereocenters. The quantitative estimate of drug-likeness (QED) is 0.414. The van der Waals surface area contributed by atoms with Crippen molar-refractivity contribution in [1.29, 1.82) is 0 Å². The number of rotatable bonds is 6. The van der Waals surface area contributed by atoms with Crippen molar-refractivity contribution in [3.05, 3.63) is 52.5 Å². The van der Waals surface area contributed by atoms with Crippen molar-refractivity contribution in [1.82, 2.24) is 14.9 Å². The molecular formula is C24H26ClF3N4OS. The Kier molecular flexibility index (Phi) is 7.33. The number of carbonyl (C=O) groups is 1. The van der Waals surface area contributed by atoms with Crippen LogP contribution < -0.4 is 4.90 Å². The largest absolute Gasteiger partial charge is 0.433 e. The van der Waals surface area contributed by atoms with Crippen LogP contribution >= 0.6 is 23.7 Å². The zero-order valence-corrected chi connectivity index (χ0v) is 20.1. The molecule has 3 aromatic heterocycles. The topological polar surface area (TPSA) is 49.3 Å². The van der Waals surface area contributed by atoms with Gasteiger partial charge >= 0.3 is 6.18 Å². The Morgan fingerprint density at radius 3 is 2.38 bits per heavy atom. The number of thiophene rings is 1. The molecule has 34 heavy (non-hydrogen) atoms. The standard InChI is InChI=1S/C24H25F3N4OS.ClH/c25-24(26,27)21-6-5-18-19(29-21)7-10-28-22(18)30-11-8-17(9-12-30)15-31(14-16-3-4-16)23(32)20-2-1-13-33-20;/h1-2,5-7,10,13,16-17H,3-4,8-9,11-12,14-15H2;1H. The predicted octanol–water partition coefficient (Wildman–Crippen LogP) is 5.90. The molecule has 0 atom stereocenters. The van der Waals surface area contributed by atoms with Gasteiger partial charge in [0.15, 0.2) is 0 Å². The Hall–Kier alpha value is -2.39. The van der Waals surface area contributed by atoms with Crippen LogP contribution in [-0.2, 0) is 6.18 Å². The first-order valence-corrected chi connectivity index (χ1v) is 12.2. The fourth-order valence-electron chi connectivity index (χ4n) is 4.50. The van der Waals surface area contributed by atoms with Gasteiger partial charge < -0.3 is 9.80 Å². The van der Waals surface area contributed by atoms with E-state index in [2.05, 4.69) is 14.9 Å². The summed E-state index contributed by atoms with van der Waals surface area (Å²) in [6.07, 6.45) is 1.26. The summed E-state index contributed by atoms with van der Waals surface area (Å²) in [6, 6.07) is 7.81. The van der Waals surface area contributed by atoms with Crippen LogP contribution in [0.2, 0.25) is 0 Å². The van der Waals surface area contributed by atoms with E-state index in [1.807, 2.05) is 22.4 Å². The summed E-state index contributed by atoms with van der Waals surface area (Å²) in [7, 11) is 0. The highest BCUT2D eigenvalue weighted by atomic mass is 35.5. The third-order valence-electron chi connectivity index (χ3n) is 6.47. The second-order valence-corrected chi connectivity index (χ2v) is 9.90. The molecule has 5 nitrogen and oxygen atoms in total. The molecular weight excluding hydrogens is 485 g/mol. The normalized spacial score (nSPS) is 17.0.